The van der Waals surface area contributed by atoms with Crippen molar-refractivity contribution in [1.29, 1.82) is 0 Å². The lowest BCUT2D eigenvalue weighted by atomic mass is 10.1. The number of amidine groups is 1. The first-order valence-corrected chi connectivity index (χ1v) is 7.60. The van der Waals surface area contributed by atoms with E-state index in [9.17, 15) is 9.59 Å². The molecule has 3 amide bonds. The van der Waals surface area contributed by atoms with Crippen LogP contribution in [0.5, 0.6) is 0 Å². The number of hydrogen-bond acceptors (Lipinski definition) is 4. The molecule has 1 atom stereocenters. The second-order valence-corrected chi connectivity index (χ2v) is 5.91. The summed E-state index contributed by atoms with van der Waals surface area (Å²) in [5.41, 5.74) is 3.00. The van der Waals surface area contributed by atoms with Gasteiger partial charge in [0.2, 0.25) is 11.9 Å². The van der Waals surface area contributed by atoms with Gasteiger partial charge in [0.05, 0.1) is 12.2 Å². The number of nitrogens with zero attached hydrogens (tertiary/aromatic N) is 6. The number of aromatic nitrogens is 2. The van der Waals surface area contributed by atoms with Crippen LogP contribution in [-0.2, 0) is 4.79 Å². The highest BCUT2D eigenvalue weighted by atomic mass is 16.2. The zero-order valence-electron chi connectivity index (χ0n) is 14.3. The molecule has 1 aromatic heterocycles. The van der Waals surface area contributed by atoms with E-state index in [2.05, 4.69) is 10.1 Å². The molecule has 0 bridgehead atoms. The molecule has 1 aromatic rings. The van der Waals surface area contributed by atoms with Crippen LogP contribution in [0.4, 0.5) is 4.79 Å². The monoisotopic (exact) mass is 317 g/mol. The van der Waals surface area contributed by atoms with E-state index in [-0.39, 0.29) is 11.9 Å². The Kier molecular flexibility index (Phi) is 3.35. The maximum Gasteiger partial charge on any atom is 0.421 e. The van der Waals surface area contributed by atoms with Gasteiger partial charge in [0, 0.05) is 19.7 Å². The second kappa shape index (κ2) is 5.00. The van der Waals surface area contributed by atoms with Crippen molar-refractivity contribution in [2.45, 2.75) is 33.7 Å². The first kappa shape index (κ1) is 15.4. The molecule has 1 fully saturated rings. The Morgan fingerprint density at radius 3 is 2.30 bits per heavy atom. The molecule has 3 rings (SSSR count). The van der Waals surface area contributed by atoms with Gasteiger partial charge in [0.25, 0.3) is 5.91 Å². The average molecular weight is 317 g/mol. The van der Waals surface area contributed by atoms with E-state index in [0.717, 1.165) is 21.9 Å². The van der Waals surface area contributed by atoms with Gasteiger partial charge in [-0.2, -0.15) is 0 Å². The van der Waals surface area contributed by atoms with Gasteiger partial charge in [-0.05, 0) is 27.7 Å². The van der Waals surface area contributed by atoms with Crippen molar-refractivity contribution in [3.8, 4) is 0 Å². The van der Waals surface area contributed by atoms with Gasteiger partial charge in [-0.15, -0.1) is 9.78 Å². The molecule has 122 valence electrons. The van der Waals surface area contributed by atoms with Crippen molar-refractivity contribution in [2.75, 3.05) is 20.6 Å². The van der Waals surface area contributed by atoms with Crippen molar-refractivity contribution in [3.63, 3.8) is 0 Å². The van der Waals surface area contributed by atoms with E-state index in [4.69, 9.17) is 0 Å². The van der Waals surface area contributed by atoms with Crippen molar-refractivity contribution >= 4 is 23.7 Å². The first-order valence-electron chi connectivity index (χ1n) is 7.60. The van der Waals surface area contributed by atoms with E-state index < -0.39 is 6.04 Å². The Bertz CT molecular complexity index is 788. The summed E-state index contributed by atoms with van der Waals surface area (Å²) in [6.07, 6.45) is 0. The number of rotatable bonds is 1. The van der Waals surface area contributed by atoms with Gasteiger partial charge < -0.3 is 0 Å². The van der Waals surface area contributed by atoms with Crippen LogP contribution in [0.25, 0.3) is 0 Å². The third-order valence-electron chi connectivity index (χ3n) is 4.69. The minimum Gasteiger partial charge on any atom is -0.270 e. The minimum atomic E-state index is -0.577. The summed E-state index contributed by atoms with van der Waals surface area (Å²) in [7, 11) is 3.14. The smallest absolute Gasteiger partial charge is 0.270 e. The number of likely N-dealkylation sites (N-methyl/N-ethyl adjacent to an activating group) is 3. The van der Waals surface area contributed by atoms with Crippen LogP contribution in [0.2, 0.25) is 0 Å². The van der Waals surface area contributed by atoms with E-state index in [0.29, 0.717) is 18.3 Å². The van der Waals surface area contributed by atoms with Crippen LogP contribution in [0, 0.1) is 20.8 Å². The molecule has 0 radical (unpaired) electrons. The van der Waals surface area contributed by atoms with Crippen molar-refractivity contribution < 1.29 is 14.2 Å². The highest BCUT2D eigenvalue weighted by Crippen LogP contribution is 2.20. The van der Waals surface area contributed by atoms with E-state index in [1.807, 2.05) is 32.3 Å². The molecule has 1 saturated heterocycles. The molecule has 8 nitrogen and oxygen atoms in total. The molecule has 2 aliphatic heterocycles. The summed E-state index contributed by atoms with van der Waals surface area (Å²) in [6.45, 7) is 8.47. The van der Waals surface area contributed by atoms with Crippen LogP contribution in [0.15, 0.2) is 4.99 Å². The molecular formula is C15H21N6O2+. The molecule has 0 N–H and O–H groups in total. The van der Waals surface area contributed by atoms with Gasteiger partial charge in [-0.3, -0.25) is 14.6 Å². The molecular weight excluding hydrogens is 296 g/mol. The number of aliphatic imine (C=N–C) groups is 1. The lowest BCUT2D eigenvalue weighted by molar-refractivity contribution is -0.533. The van der Waals surface area contributed by atoms with E-state index in [1.165, 1.54) is 11.9 Å². The summed E-state index contributed by atoms with van der Waals surface area (Å²) < 4.78 is 3.64. The number of urea groups is 1. The van der Waals surface area contributed by atoms with Crippen molar-refractivity contribution in [1.82, 2.24) is 19.6 Å². The number of imide groups is 1. The summed E-state index contributed by atoms with van der Waals surface area (Å²) in [5, 5.41) is 4.54. The zero-order chi connectivity index (χ0) is 17.0. The third kappa shape index (κ3) is 1.94. The predicted molar refractivity (Wildman–Crippen MR) is 84.8 cm³/mol. The van der Waals surface area contributed by atoms with Gasteiger partial charge in [-0.1, -0.05) is 4.99 Å². The Morgan fingerprint density at radius 2 is 1.78 bits per heavy atom. The number of amides is 3. The molecule has 1 unspecified atom stereocenters. The quantitative estimate of drug-likeness (QED) is 0.702. The van der Waals surface area contributed by atoms with Gasteiger partial charge in [-0.25, -0.2) is 9.37 Å². The SMILES string of the molecule is CC[N+]1=C(n2nc(C)c(C)c2C)N=C2C1C(=O)N(C)C(=O)N2C. The van der Waals surface area contributed by atoms with Gasteiger partial charge in [0.15, 0.2) is 0 Å². The van der Waals surface area contributed by atoms with E-state index in [1.54, 1.807) is 11.7 Å². The average Bonchev–Trinajstić information content (AvgIpc) is 3.03. The Hall–Kier alpha value is -2.51. The largest absolute Gasteiger partial charge is 0.421 e. The molecule has 0 aromatic carbocycles. The number of aryl methyl sites for hydroxylation is 1. The molecule has 0 spiro atoms. The van der Waals surface area contributed by atoms with Crippen LogP contribution in [-0.4, -0.2) is 74.6 Å². The number of fused-ring (bicyclic) bond motifs is 1. The highest BCUT2D eigenvalue weighted by molar-refractivity contribution is 6.22. The first-order chi connectivity index (χ1) is 10.8. The molecule has 0 aliphatic carbocycles. The van der Waals surface area contributed by atoms with E-state index >= 15 is 0 Å². The summed E-state index contributed by atoms with van der Waals surface area (Å²) in [5.74, 6) is 0.784. The van der Waals surface area contributed by atoms with Crippen LogP contribution >= 0.6 is 0 Å². The fourth-order valence-corrected chi connectivity index (χ4v) is 2.99. The number of carbonyl (C=O) groups excluding carboxylic acids is 2. The summed E-state index contributed by atoms with van der Waals surface area (Å²) in [4.78, 5) is 31.9. The highest BCUT2D eigenvalue weighted by Gasteiger charge is 2.51. The van der Waals surface area contributed by atoms with Crippen LogP contribution < -0.4 is 0 Å². The Labute approximate surface area is 134 Å². The Balaban J connectivity index is 2.20. The second-order valence-electron chi connectivity index (χ2n) is 5.91. The summed E-state index contributed by atoms with van der Waals surface area (Å²) in [6, 6.07) is -0.946. The number of carbonyl (C=O) groups is 2. The normalized spacial score (nSPS) is 21.3. The maximum atomic E-state index is 12.6. The topological polar surface area (TPSA) is 73.8 Å². The van der Waals surface area contributed by atoms with Crippen molar-refractivity contribution in [3.05, 3.63) is 17.0 Å². The summed E-state index contributed by atoms with van der Waals surface area (Å²) >= 11 is 0. The number of hydrogen-bond donors (Lipinski definition) is 0. The predicted octanol–water partition coefficient (Wildman–Crippen LogP) is 0.349. The van der Waals surface area contributed by atoms with Gasteiger partial charge in [0.1, 0.15) is 5.69 Å². The van der Waals surface area contributed by atoms with Crippen LogP contribution in [0.1, 0.15) is 23.9 Å². The van der Waals surface area contributed by atoms with Crippen LogP contribution in [0.3, 0.4) is 0 Å². The lowest BCUT2D eigenvalue weighted by Gasteiger charge is -2.31. The third-order valence-corrected chi connectivity index (χ3v) is 4.69. The lowest BCUT2D eigenvalue weighted by Crippen LogP contribution is -2.61. The molecule has 8 heteroatoms. The van der Waals surface area contributed by atoms with Crippen molar-refractivity contribution in [2.24, 2.45) is 4.99 Å². The fraction of sp³-hybridized carbons (Fsp3) is 0.533. The standard InChI is InChI=1S/C15H21N6O2/c1-7-20-11-12(18(5)15(23)19(6)13(11)22)16-14(20)21-10(4)8(2)9(3)17-21/h11H,7H2,1-6H3/q+1. The molecule has 23 heavy (non-hydrogen) atoms. The fourth-order valence-electron chi connectivity index (χ4n) is 2.99. The molecule has 2 aliphatic rings. The molecule has 3 heterocycles. The van der Waals surface area contributed by atoms with Gasteiger partial charge >= 0.3 is 12.0 Å². The molecule has 0 saturated carbocycles. The zero-order valence-corrected chi connectivity index (χ0v) is 14.3. The minimum absolute atomic E-state index is 0.262. The Morgan fingerprint density at radius 1 is 1.13 bits per heavy atom. The maximum absolute atomic E-state index is 12.6.